The fourth-order valence-electron chi connectivity index (χ4n) is 3.44. The Morgan fingerprint density at radius 1 is 1.19 bits per heavy atom. The highest BCUT2D eigenvalue weighted by Gasteiger charge is 2.27. The van der Waals surface area contributed by atoms with Crippen molar-refractivity contribution in [3.63, 3.8) is 0 Å². The van der Waals surface area contributed by atoms with Crippen LogP contribution in [0, 0.1) is 0 Å². The summed E-state index contributed by atoms with van der Waals surface area (Å²) in [6.45, 7) is 3.31. The van der Waals surface area contributed by atoms with E-state index in [1.807, 2.05) is 18.2 Å². The minimum absolute atomic E-state index is 0.491. The monoisotopic (exact) mass is 305 g/mol. The molecule has 0 aliphatic heterocycles. The van der Waals surface area contributed by atoms with E-state index in [4.69, 9.17) is 16.0 Å². The van der Waals surface area contributed by atoms with Crippen LogP contribution in [0.25, 0.3) is 11.0 Å². The minimum atomic E-state index is 0.491. The Bertz CT molecular complexity index is 592. The van der Waals surface area contributed by atoms with Crippen molar-refractivity contribution in [2.45, 2.75) is 57.4 Å². The molecule has 2 aromatic rings. The highest BCUT2D eigenvalue weighted by Crippen LogP contribution is 2.35. The molecule has 0 spiro atoms. The van der Waals surface area contributed by atoms with Crippen LogP contribution in [-0.2, 0) is 0 Å². The van der Waals surface area contributed by atoms with Crippen LogP contribution < -0.4 is 5.32 Å². The summed E-state index contributed by atoms with van der Waals surface area (Å²) in [5, 5.41) is 5.63. The van der Waals surface area contributed by atoms with Gasteiger partial charge in [-0.1, -0.05) is 37.8 Å². The summed E-state index contributed by atoms with van der Waals surface area (Å²) in [4.78, 5) is 0. The molecule has 1 fully saturated rings. The molecule has 0 bridgehead atoms. The van der Waals surface area contributed by atoms with Gasteiger partial charge in [-0.05, 0) is 50.1 Å². The number of rotatable bonds is 4. The molecular formula is C18H24ClNO. The van der Waals surface area contributed by atoms with Crippen molar-refractivity contribution in [3.05, 3.63) is 35.0 Å². The molecular weight excluding hydrogens is 282 g/mol. The Labute approximate surface area is 131 Å². The first-order chi connectivity index (χ1) is 10.3. The smallest absolute Gasteiger partial charge is 0.134 e. The van der Waals surface area contributed by atoms with Gasteiger partial charge >= 0.3 is 0 Å². The average Bonchev–Trinajstić information content (AvgIpc) is 2.75. The number of furan rings is 1. The van der Waals surface area contributed by atoms with Crippen molar-refractivity contribution in [1.82, 2.24) is 5.32 Å². The van der Waals surface area contributed by atoms with Gasteiger partial charge in [0.15, 0.2) is 0 Å². The van der Waals surface area contributed by atoms with Gasteiger partial charge in [-0.2, -0.15) is 0 Å². The first kappa shape index (κ1) is 14.9. The minimum Gasteiger partial charge on any atom is -0.461 e. The van der Waals surface area contributed by atoms with Crippen molar-refractivity contribution < 1.29 is 4.42 Å². The van der Waals surface area contributed by atoms with Crippen molar-refractivity contribution in [3.8, 4) is 0 Å². The van der Waals surface area contributed by atoms with E-state index in [1.54, 1.807) is 0 Å². The Kier molecular flexibility index (Phi) is 4.87. The normalized spacial score (nSPS) is 23.3. The summed E-state index contributed by atoms with van der Waals surface area (Å²) in [6, 6.07) is 8.61. The van der Waals surface area contributed by atoms with E-state index >= 15 is 0 Å². The topological polar surface area (TPSA) is 25.2 Å². The Hall–Kier alpha value is -0.990. The quantitative estimate of drug-likeness (QED) is 0.754. The summed E-state index contributed by atoms with van der Waals surface area (Å²) in [5.41, 5.74) is 0.952. The lowest BCUT2D eigenvalue weighted by atomic mass is 9.92. The van der Waals surface area contributed by atoms with E-state index in [0.29, 0.717) is 12.0 Å². The molecule has 1 aromatic heterocycles. The second-order valence-electron chi connectivity index (χ2n) is 6.14. The SMILES string of the molecule is CCCNC1CCCCCC1c1cc2cc(Cl)ccc2o1. The van der Waals surface area contributed by atoms with E-state index < -0.39 is 0 Å². The van der Waals surface area contributed by atoms with E-state index in [0.717, 1.165) is 28.3 Å². The van der Waals surface area contributed by atoms with E-state index in [9.17, 15) is 0 Å². The number of hydrogen-bond donors (Lipinski definition) is 1. The molecule has 114 valence electrons. The first-order valence-electron chi connectivity index (χ1n) is 8.20. The fraction of sp³-hybridized carbons (Fsp3) is 0.556. The average molecular weight is 306 g/mol. The van der Waals surface area contributed by atoms with E-state index in [2.05, 4.69) is 18.3 Å². The maximum Gasteiger partial charge on any atom is 0.134 e. The maximum absolute atomic E-state index is 6.13. The summed E-state index contributed by atoms with van der Waals surface area (Å²) in [7, 11) is 0. The van der Waals surface area contributed by atoms with Crippen molar-refractivity contribution >= 4 is 22.6 Å². The summed E-state index contributed by atoms with van der Waals surface area (Å²) < 4.78 is 6.13. The third kappa shape index (κ3) is 3.44. The zero-order valence-corrected chi connectivity index (χ0v) is 13.5. The molecule has 0 saturated heterocycles. The van der Waals surface area contributed by atoms with Gasteiger partial charge in [-0.25, -0.2) is 0 Å². The summed E-state index contributed by atoms with van der Waals surface area (Å²) in [6.07, 6.45) is 7.61. The van der Waals surface area contributed by atoms with Crippen LogP contribution in [0.5, 0.6) is 0 Å². The molecule has 21 heavy (non-hydrogen) atoms. The van der Waals surface area contributed by atoms with Gasteiger partial charge < -0.3 is 9.73 Å². The van der Waals surface area contributed by atoms with E-state index in [1.165, 1.54) is 38.5 Å². The summed E-state index contributed by atoms with van der Waals surface area (Å²) in [5.74, 6) is 1.62. The maximum atomic E-state index is 6.13. The van der Waals surface area contributed by atoms with Crippen molar-refractivity contribution in [2.24, 2.45) is 0 Å². The largest absolute Gasteiger partial charge is 0.461 e. The van der Waals surface area contributed by atoms with Gasteiger partial charge in [-0.3, -0.25) is 0 Å². The molecule has 2 nitrogen and oxygen atoms in total. The van der Waals surface area contributed by atoms with E-state index in [-0.39, 0.29) is 0 Å². The highest BCUT2D eigenvalue weighted by atomic mass is 35.5. The molecule has 0 amide bonds. The van der Waals surface area contributed by atoms with Gasteiger partial charge in [0.05, 0.1) is 0 Å². The van der Waals surface area contributed by atoms with Crippen LogP contribution in [0.1, 0.15) is 57.1 Å². The number of hydrogen-bond acceptors (Lipinski definition) is 2. The Morgan fingerprint density at radius 2 is 2.05 bits per heavy atom. The van der Waals surface area contributed by atoms with Gasteiger partial charge in [0, 0.05) is 22.4 Å². The molecule has 1 heterocycles. The predicted octanol–water partition coefficient (Wildman–Crippen LogP) is 5.50. The van der Waals surface area contributed by atoms with Crippen LogP contribution in [0.2, 0.25) is 5.02 Å². The van der Waals surface area contributed by atoms with Crippen LogP contribution >= 0.6 is 11.6 Å². The molecule has 1 aliphatic rings. The second-order valence-corrected chi connectivity index (χ2v) is 6.57. The molecule has 2 unspecified atom stereocenters. The third-order valence-electron chi connectivity index (χ3n) is 4.54. The fourth-order valence-corrected chi connectivity index (χ4v) is 3.62. The second kappa shape index (κ2) is 6.85. The third-order valence-corrected chi connectivity index (χ3v) is 4.77. The lowest BCUT2D eigenvalue weighted by molar-refractivity contribution is 0.364. The molecule has 1 aromatic carbocycles. The molecule has 3 heteroatoms. The Morgan fingerprint density at radius 3 is 2.90 bits per heavy atom. The molecule has 1 N–H and O–H groups in total. The van der Waals surface area contributed by atoms with Gasteiger partial charge in [0.25, 0.3) is 0 Å². The van der Waals surface area contributed by atoms with Crippen molar-refractivity contribution in [2.75, 3.05) is 6.54 Å². The van der Waals surface area contributed by atoms with Crippen LogP contribution in [0.15, 0.2) is 28.7 Å². The molecule has 1 saturated carbocycles. The number of benzene rings is 1. The van der Waals surface area contributed by atoms with Gasteiger partial charge in [0.2, 0.25) is 0 Å². The van der Waals surface area contributed by atoms with Gasteiger partial charge in [-0.15, -0.1) is 0 Å². The molecule has 1 aliphatic carbocycles. The molecule has 2 atom stereocenters. The Balaban J connectivity index is 1.88. The number of nitrogens with one attached hydrogen (secondary N) is 1. The van der Waals surface area contributed by atoms with Crippen molar-refractivity contribution in [1.29, 1.82) is 0 Å². The number of fused-ring (bicyclic) bond motifs is 1. The summed E-state index contributed by atoms with van der Waals surface area (Å²) >= 11 is 6.08. The number of halogens is 1. The highest BCUT2D eigenvalue weighted by molar-refractivity contribution is 6.31. The first-order valence-corrected chi connectivity index (χ1v) is 8.58. The predicted molar refractivity (Wildman–Crippen MR) is 89.1 cm³/mol. The standard InChI is InChI=1S/C18H24ClNO/c1-2-10-20-16-7-5-3-4-6-15(16)18-12-13-11-14(19)8-9-17(13)21-18/h8-9,11-12,15-16,20H,2-7,10H2,1H3. The molecule has 0 radical (unpaired) electrons. The van der Waals surface area contributed by atoms with Crippen LogP contribution in [0.4, 0.5) is 0 Å². The van der Waals surface area contributed by atoms with Crippen LogP contribution in [0.3, 0.4) is 0 Å². The van der Waals surface area contributed by atoms with Crippen LogP contribution in [-0.4, -0.2) is 12.6 Å². The zero-order valence-electron chi connectivity index (χ0n) is 12.7. The van der Waals surface area contributed by atoms with Gasteiger partial charge in [0.1, 0.15) is 11.3 Å². The zero-order chi connectivity index (χ0) is 14.7. The lowest BCUT2D eigenvalue weighted by Crippen LogP contribution is -2.34. The lowest BCUT2D eigenvalue weighted by Gasteiger charge is -2.24. The molecule has 3 rings (SSSR count).